The van der Waals surface area contributed by atoms with Crippen molar-refractivity contribution in [3.63, 3.8) is 0 Å². The zero-order valence-corrected chi connectivity index (χ0v) is 13.6. The third-order valence-corrected chi connectivity index (χ3v) is 3.79. The molecule has 2 N–H and O–H groups in total. The summed E-state index contributed by atoms with van der Waals surface area (Å²) < 4.78 is 0. The van der Waals surface area contributed by atoms with E-state index in [4.69, 9.17) is 0 Å². The first-order chi connectivity index (χ1) is 9.95. The molecule has 0 atom stereocenters. The van der Waals surface area contributed by atoms with Crippen LogP contribution in [0.1, 0.15) is 37.8 Å². The Morgan fingerprint density at radius 2 is 2.10 bits per heavy atom. The number of carbonyl (C=O) groups excluding carboxylic acids is 1. The molecular weight excluding hydrogens is 262 g/mol. The molecule has 1 fully saturated rings. The maximum absolute atomic E-state index is 11.8. The van der Waals surface area contributed by atoms with E-state index in [1.807, 2.05) is 11.9 Å². The molecular formula is C17H27N3O. The number of benzene rings is 1. The summed E-state index contributed by atoms with van der Waals surface area (Å²) in [4.78, 5) is 13.8. The van der Waals surface area contributed by atoms with Crippen molar-refractivity contribution in [3.05, 3.63) is 29.3 Å². The molecule has 0 aliphatic heterocycles. The molecule has 0 saturated heterocycles. The summed E-state index contributed by atoms with van der Waals surface area (Å²) in [6.45, 7) is 7.72. The SMILES string of the molecule is Cc1cc(N(C)CC(=O)NC2CC2)ccc1CNC(C)C. The van der Waals surface area contributed by atoms with Crippen LogP contribution >= 0.6 is 0 Å². The fourth-order valence-electron chi connectivity index (χ4n) is 2.24. The molecule has 2 rings (SSSR count). The van der Waals surface area contributed by atoms with Crippen molar-refractivity contribution in [1.82, 2.24) is 10.6 Å². The Bertz CT molecular complexity index is 495. The number of aryl methyl sites for hydroxylation is 1. The first kappa shape index (κ1) is 15.8. The predicted octanol–water partition coefficient (Wildman–Crippen LogP) is 2.21. The summed E-state index contributed by atoms with van der Waals surface area (Å²) in [5.74, 6) is 0.114. The van der Waals surface area contributed by atoms with E-state index in [2.05, 4.69) is 49.6 Å². The predicted molar refractivity (Wildman–Crippen MR) is 87.6 cm³/mol. The van der Waals surface area contributed by atoms with Crippen LogP contribution in [0.4, 0.5) is 5.69 Å². The van der Waals surface area contributed by atoms with Gasteiger partial charge in [-0.25, -0.2) is 0 Å². The van der Waals surface area contributed by atoms with Crippen LogP contribution in [0, 0.1) is 6.92 Å². The van der Waals surface area contributed by atoms with Gasteiger partial charge in [0.25, 0.3) is 0 Å². The van der Waals surface area contributed by atoms with Crippen LogP contribution in [-0.2, 0) is 11.3 Å². The van der Waals surface area contributed by atoms with Gasteiger partial charge in [0.15, 0.2) is 0 Å². The summed E-state index contributed by atoms with van der Waals surface area (Å²) in [5.41, 5.74) is 3.66. The van der Waals surface area contributed by atoms with Gasteiger partial charge < -0.3 is 15.5 Å². The second-order valence-corrected chi connectivity index (χ2v) is 6.34. The lowest BCUT2D eigenvalue weighted by Gasteiger charge is -2.20. The number of rotatable bonds is 7. The minimum atomic E-state index is 0.114. The molecule has 1 aliphatic carbocycles. The number of anilines is 1. The Labute approximate surface area is 127 Å². The van der Waals surface area contributed by atoms with E-state index >= 15 is 0 Å². The maximum Gasteiger partial charge on any atom is 0.239 e. The molecule has 0 bridgehead atoms. The highest BCUT2D eigenvalue weighted by Crippen LogP contribution is 2.20. The monoisotopic (exact) mass is 289 g/mol. The van der Waals surface area contributed by atoms with Crippen LogP contribution in [0.5, 0.6) is 0 Å². The average molecular weight is 289 g/mol. The van der Waals surface area contributed by atoms with Crippen molar-refractivity contribution in [1.29, 1.82) is 0 Å². The number of hydrogen-bond acceptors (Lipinski definition) is 3. The van der Waals surface area contributed by atoms with E-state index in [9.17, 15) is 4.79 Å². The quantitative estimate of drug-likeness (QED) is 0.809. The van der Waals surface area contributed by atoms with Crippen LogP contribution in [0.3, 0.4) is 0 Å². The molecule has 1 aromatic rings. The molecule has 1 amide bonds. The van der Waals surface area contributed by atoms with Crippen molar-refractivity contribution >= 4 is 11.6 Å². The van der Waals surface area contributed by atoms with E-state index in [0.717, 1.165) is 25.1 Å². The topological polar surface area (TPSA) is 44.4 Å². The fraction of sp³-hybridized carbons (Fsp3) is 0.588. The largest absolute Gasteiger partial charge is 0.365 e. The van der Waals surface area contributed by atoms with Gasteiger partial charge in [0, 0.05) is 31.4 Å². The van der Waals surface area contributed by atoms with Crippen molar-refractivity contribution in [2.75, 3.05) is 18.5 Å². The molecule has 0 aromatic heterocycles. The number of hydrogen-bond donors (Lipinski definition) is 2. The number of nitrogens with one attached hydrogen (secondary N) is 2. The van der Waals surface area contributed by atoms with E-state index in [0.29, 0.717) is 18.6 Å². The molecule has 0 spiro atoms. The van der Waals surface area contributed by atoms with Gasteiger partial charge in [0.2, 0.25) is 5.91 Å². The van der Waals surface area contributed by atoms with Gasteiger partial charge in [-0.1, -0.05) is 19.9 Å². The van der Waals surface area contributed by atoms with Crippen LogP contribution in [0.15, 0.2) is 18.2 Å². The number of amides is 1. The molecule has 1 aliphatic rings. The first-order valence-electron chi connectivity index (χ1n) is 7.79. The molecule has 21 heavy (non-hydrogen) atoms. The highest BCUT2D eigenvalue weighted by Gasteiger charge is 2.23. The normalized spacial score (nSPS) is 14.3. The van der Waals surface area contributed by atoms with E-state index in [1.165, 1.54) is 11.1 Å². The average Bonchev–Trinajstić information content (AvgIpc) is 3.20. The first-order valence-corrected chi connectivity index (χ1v) is 7.79. The number of nitrogens with zero attached hydrogens (tertiary/aromatic N) is 1. The molecule has 4 nitrogen and oxygen atoms in total. The summed E-state index contributed by atoms with van der Waals surface area (Å²) in [7, 11) is 1.97. The third-order valence-electron chi connectivity index (χ3n) is 3.79. The van der Waals surface area contributed by atoms with Crippen molar-refractivity contribution < 1.29 is 4.79 Å². The minimum absolute atomic E-state index is 0.114. The summed E-state index contributed by atoms with van der Waals surface area (Å²) in [6, 6.07) is 7.31. The van der Waals surface area contributed by atoms with Gasteiger partial charge in [-0.15, -0.1) is 0 Å². The van der Waals surface area contributed by atoms with Crippen molar-refractivity contribution in [2.45, 2.75) is 52.2 Å². The Hall–Kier alpha value is -1.55. The van der Waals surface area contributed by atoms with Crippen LogP contribution < -0.4 is 15.5 Å². The molecule has 1 saturated carbocycles. The zero-order valence-electron chi connectivity index (χ0n) is 13.6. The van der Waals surface area contributed by atoms with E-state index in [-0.39, 0.29) is 5.91 Å². The standard InChI is InChI=1S/C17H27N3O/c1-12(2)18-10-14-5-8-16(9-13(14)3)20(4)11-17(21)19-15-6-7-15/h5,8-9,12,15,18H,6-7,10-11H2,1-4H3,(H,19,21). The summed E-state index contributed by atoms with van der Waals surface area (Å²) in [5, 5.41) is 6.46. The molecule has 0 unspecified atom stereocenters. The maximum atomic E-state index is 11.8. The van der Waals surface area contributed by atoms with Crippen molar-refractivity contribution in [2.24, 2.45) is 0 Å². The summed E-state index contributed by atoms with van der Waals surface area (Å²) in [6.07, 6.45) is 2.26. The lowest BCUT2D eigenvalue weighted by molar-refractivity contribution is -0.119. The van der Waals surface area contributed by atoms with E-state index < -0.39 is 0 Å². The van der Waals surface area contributed by atoms with Gasteiger partial charge in [-0.3, -0.25) is 4.79 Å². The highest BCUT2D eigenvalue weighted by atomic mass is 16.2. The van der Waals surface area contributed by atoms with Crippen LogP contribution in [0.25, 0.3) is 0 Å². The van der Waals surface area contributed by atoms with E-state index in [1.54, 1.807) is 0 Å². The Morgan fingerprint density at radius 1 is 1.38 bits per heavy atom. The third kappa shape index (κ3) is 5.05. The molecule has 1 aromatic carbocycles. The summed E-state index contributed by atoms with van der Waals surface area (Å²) >= 11 is 0. The zero-order chi connectivity index (χ0) is 15.4. The number of carbonyl (C=O) groups is 1. The van der Waals surface area contributed by atoms with Crippen LogP contribution in [0.2, 0.25) is 0 Å². The second-order valence-electron chi connectivity index (χ2n) is 6.34. The van der Waals surface area contributed by atoms with Gasteiger partial charge in [0.05, 0.1) is 6.54 Å². The highest BCUT2D eigenvalue weighted by molar-refractivity contribution is 5.81. The van der Waals surface area contributed by atoms with Crippen LogP contribution in [-0.4, -0.2) is 31.6 Å². The Balaban J connectivity index is 1.92. The van der Waals surface area contributed by atoms with Gasteiger partial charge >= 0.3 is 0 Å². The van der Waals surface area contributed by atoms with Gasteiger partial charge in [-0.05, 0) is 43.0 Å². The second kappa shape index (κ2) is 6.94. The number of likely N-dealkylation sites (N-methyl/N-ethyl adjacent to an activating group) is 1. The molecule has 0 heterocycles. The van der Waals surface area contributed by atoms with Gasteiger partial charge in [0.1, 0.15) is 0 Å². The Morgan fingerprint density at radius 3 is 2.67 bits per heavy atom. The van der Waals surface area contributed by atoms with Crippen molar-refractivity contribution in [3.8, 4) is 0 Å². The minimum Gasteiger partial charge on any atom is -0.365 e. The smallest absolute Gasteiger partial charge is 0.239 e. The molecule has 0 radical (unpaired) electrons. The lowest BCUT2D eigenvalue weighted by atomic mass is 10.1. The molecule has 4 heteroatoms. The Kier molecular flexibility index (Phi) is 5.23. The lowest BCUT2D eigenvalue weighted by Crippen LogP contribution is -2.36. The fourth-order valence-corrected chi connectivity index (χ4v) is 2.24. The molecule has 116 valence electrons. The van der Waals surface area contributed by atoms with Gasteiger partial charge in [-0.2, -0.15) is 0 Å².